The number of piperazine rings is 1. The van der Waals surface area contributed by atoms with Gasteiger partial charge in [-0.05, 0) is 18.7 Å². The van der Waals surface area contributed by atoms with Gasteiger partial charge in [-0.25, -0.2) is 5.21 Å². The van der Waals surface area contributed by atoms with Gasteiger partial charge in [0.1, 0.15) is 5.02 Å². The van der Waals surface area contributed by atoms with Crippen LogP contribution in [-0.4, -0.2) is 53.2 Å². The van der Waals surface area contributed by atoms with Gasteiger partial charge in [0.15, 0.2) is 0 Å². The normalized spacial score (nSPS) is 17.9. The highest BCUT2D eigenvalue weighted by molar-refractivity contribution is 6.32. The smallest absolute Gasteiger partial charge is 0.304 e. The minimum Gasteiger partial charge on any atom is -0.304 e. The average Bonchev–Trinajstić information content (AvgIpc) is 2.32. The molecule has 1 heterocycles. The maximum atomic E-state index is 10.8. The van der Waals surface area contributed by atoms with Crippen LogP contribution in [0.3, 0.4) is 0 Å². The highest BCUT2D eigenvalue weighted by Crippen LogP contribution is 2.25. The maximum Gasteiger partial charge on any atom is 0.334 e. The van der Waals surface area contributed by atoms with E-state index in [4.69, 9.17) is 16.8 Å². The van der Waals surface area contributed by atoms with Crippen molar-refractivity contribution >= 4 is 17.3 Å². The zero-order valence-electron chi connectivity index (χ0n) is 10.3. The molecule has 0 spiro atoms. The van der Waals surface area contributed by atoms with Crippen LogP contribution in [0.2, 0.25) is 5.02 Å². The summed E-state index contributed by atoms with van der Waals surface area (Å²) < 4.78 is 0. The topological polar surface area (TPSA) is 46.8 Å². The van der Waals surface area contributed by atoms with E-state index in [9.17, 15) is 4.91 Å². The van der Waals surface area contributed by atoms with Crippen LogP contribution in [0.25, 0.3) is 0 Å². The Balaban J connectivity index is 2.02. The van der Waals surface area contributed by atoms with Crippen LogP contribution in [0.15, 0.2) is 18.2 Å². The zero-order valence-corrected chi connectivity index (χ0v) is 11.1. The molecule has 0 aromatic heterocycles. The number of benzene rings is 1. The molecule has 6 heteroatoms. The Morgan fingerprint density at radius 2 is 2.00 bits per heavy atom. The lowest BCUT2D eigenvalue weighted by Crippen LogP contribution is -2.43. The van der Waals surface area contributed by atoms with E-state index in [0.29, 0.717) is 0 Å². The summed E-state index contributed by atoms with van der Waals surface area (Å²) in [5, 5.41) is 9.10. The van der Waals surface area contributed by atoms with Gasteiger partial charge in [0.2, 0.25) is 0 Å². The third-order valence-corrected chi connectivity index (χ3v) is 3.52. The number of nitrogens with zero attached hydrogens (tertiary/aromatic N) is 3. The molecule has 0 atom stereocenters. The van der Waals surface area contributed by atoms with Crippen molar-refractivity contribution in [3.05, 3.63) is 33.7 Å². The Labute approximate surface area is 111 Å². The van der Waals surface area contributed by atoms with Gasteiger partial charge in [0, 0.05) is 38.8 Å². The summed E-state index contributed by atoms with van der Waals surface area (Å²) in [5.41, 5.74) is 1.13. The van der Waals surface area contributed by atoms with Gasteiger partial charge in [-0.15, -0.1) is 0 Å². The molecule has 0 amide bonds. The molecule has 0 radical (unpaired) electrons. The fourth-order valence-corrected chi connectivity index (χ4v) is 2.34. The van der Waals surface area contributed by atoms with Crippen molar-refractivity contribution in [2.45, 2.75) is 6.54 Å². The molecule has 5 nitrogen and oxygen atoms in total. The van der Waals surface area contributed by atoms with Crippen LogP contribution in [-0.2, 0) is 6.54 Å². The Kier molecular flexibility index (Phi) is 4.16. The second-order valence-corrected chi connectivity index (χ2v) is 5.05. The van der Waals surface area contributed by atoms with Crippen LogP contribution in [0.5, 0.6) is 0 Å². The SMILES string of the molecule is CN1CCN(Cc2ccc([N+](=O)O)c(Cl)c2)CC1. The van der Waals surface area contributed by atoms with Crippen LogP contribution in [0.1, 0.15) is 5.56 Å². The maximum absolute atomic E-state index is 10.8. The molecular formula is C12H17ClN3O2+. The van der Waals surface area contributed by atoms with E-state index in [-0.39, 0.29) is 15.6 Å². The van der Waals surface area contributed by atoms with E-state index in [1.165, 1.54) is 0 Å². The minimum absolute atomic E-state index is 0.0822. The van der Waals surface area contributed by atoms with Gasteiger partial charge >= 0.3 is 5.69 Å². The number of likely N-dealkylation sites (N-methyl/N-ethyl adjacent to an activating group) is 1. The fraction of sp³-hybridized carbons (Fsp3) is 0.500. The summed E-state index contributed by atoms with van der Waals surface area (Å²) in [7, 11) is 2.12. The third-order valence-electron chi connectivity index (χ3n) is 3.22. The summed E-state index contributed by atoms with van der Waals surface area (Å²) in [5.74, 6) is 0. The number of halogens is 1. The molecule has 1 aromatic carbocycles. The van der Waals surface area contributed by atoms with E-state index in [2.05, 4.69) is 16.8 Å². The van der Waals surface area contributed by atoms with Gasteiger partial charge < -0.3 is 4.90 Å². The van der Waals surface area contributed by atoms with Crippen molar-refractivity contribution < 1.29 is 10.1 Å². The molecule has 1 aliphatic rings. The number of hydrogen-bond acceptors (Lipinski definition) is 3. The Morgan fingerprint density at radius 3 is 2.56 bits per heavy atom. The highest BCUT2D eigenvalue weighted by Gasteiger charge is 2.19. The molecular weight excluding hydrogens is 254 g/mol. The molecule has 1 saturated heterocycles. The van der Waals surface area contributed by atoms with Crippen LogP contribution in [0.4, 0.5) is 5.69 Å². The molecule has 0 unspecified atom stereocenters. The van der Waals surface area contributed by atoms with Crippen molar-refractivity contribution in [3.8, 4) is 0 Å². The van der Waals surface area contributed by atoms with Gasteiger partial charge in [-0.1, -0.05) is 17.7 Å². The predicted molar refractivity (Wildman–Crippen MR) is 69.3 cm³/mol. The molecule has 0 bridgehead atoms. The number of rotatable bonds is 3. The highest BCUT2D eigenvalue weighted by atomic mass is 35.5. The fourth-order valence-electron chi connectivity index (χ4n) is 2.07. The van der Waals surface area contributed by atoms with Crippen molar-refractivity contribution in [2.24, 2.45) is 0 Å². The lowest BCUT2D eigenvalue weighted by atomic mass is 10.2. The lowest BCUT2D eigenvalue weighted by Gasteiger charge is -2.32. The molecule has 98 valence electrons. The van der Waals surface area contributed by atoms with Gasteiger partial charge in [0.05, 0.1) is 4.91 Å². The van der Waals surface area contributed by atoms with Gasteiger partial charge in [-0.3, -0.25) is 4.90 Å². The van der Waals surface area contributed by atoms with Crippen LogP contribution in [0, 0.1) is 4.91 Å². The van der Waals surface area contributed by atoms with Crippen LogP contribution >= 0.6 is 11.6 Å². The van der Waals surface area contributed by atoms with E-state index < -0.39 is 0 Å². The van der Waals surface area contributed by atoms with Gasteiger partial charge in [-0.2, -0.15) is 0 Å². The summed E-state index contributed by atoms with van der Waals surface area (Å²) in [6.45, 7) is 5.01. The third kappa shape index (κ3) is 3.19. The Hall–Kier alpha value is -1.17. The summed E-state index contributed by atoms with van der Waals surface area (Å²) in [4.78, 5) is 15.2. The summed E-state index contributed by atoms with van der Waals surface area (Å²) >= 11 is 5.94. The zero-order chi connectivity index (χ0) is 13.1. The van der Waals surface area contributed by atoms with Crippen molar-refractivity contribution in [3.63, 3.8) is 0 Å². The second kappa shape index (κ2) is 5.65. The Morgan fingerprint density at radius 1 is 1.33 bits per heavy atom. The van der Waals surface area contributed by atoms with Crippen molar-refractivity contribution in [2.75, 3.05) is 33.2 Å². The monoisotopic (exact) mass is 270 g/mol. The lowest BCUT2D eigenvalue weighted by molar-refractivity contribution is -0.729. The molecule has 1 aliphatic heterocycles. The largest absolute Gasteiger partial charge is 0.334 e. The standard InChI is InChI=1S/C12H17ClN3O2/c1-14-4-6-15(7-5-14)9-10-2-3-12(16(17)18)11(13)8-10/h2-3,8H,4-7,9H2,1H3,(H,17,18)/q+1. The molecule has 0 aliphatic carbocycles. The molecule has 2 rings (SSSR count). The Bertz CT molecular complexity index is 445. The van der Waals surface area contributed by atoms with Crippen molar-refractivity contribution in [1.29, 1.82) is 0 Å². The first kappa shape index (κ1) is 13.3. The van der Waals surface area contributed by atoms with E-state index >= 15 is 0 Å². The molecule has 18 heavy (non-hydrogen) atoms. The first-order valence-electron chi connectivity index (χ1n) is 5.92. The first-order valence-corrected chi connectivity index (χ1v) is 6.29. The molecule has 1 aromatic rings. The van der Waals surface area contributed by atoms with Crippen LogP contribution < -0.4 is 0 Å². The summed E-state index contributed by atoms with van der Waals surface area (Å²) in [6.07, 6.45) is 0. The quantitative estimate of drug-likeness (QED) is 0.852. The van der Waals surface area contributed by atoms with Gasteiger partial charge in [0.25, 0.3) is 4.92 Å². The molecule has 1 N–H and O–H groups in total. The molecule has 1 fully saturated rings. The first-order chi connectivity index (χ1) is 8.56. The average molecular weight is 271 g/mol. The predicted octanol–water partition coefficient (Wildman–Crippen LogP) is 1.89. The van der Waals surface area contributed by atoms with E-state index in [1.807, 2.05) is 6.07 Å². The molecule has 0 saturated carbocycles. The van der Waals surface area contributed by atoms with Crippen molar-refractivity contribution in [1.82, 2.24) is 9.80 Å². The minimum atomic E-state index is -0.206. The number of hydrogen-bond donors (Lipinski definition) is 1. The van der Waals surface area contributed by atoms with E-state index in [0.717, 1.165) is 38.3 Å². The summed E-state index contributed by atoms with van der Waals surface area (Å²) in [6, 6.07) is 5.09. The second-order valence-electron chi connectivity index (χ2n) is 4.64. The van der Waals surface area contributed by atoms with E-state index in [1.54, 1.807) is 12.1 Å².